The molecule has 2 rings (SSSR count). The zero-order chi connectivity index (χ0) is 14.9. The van der Waals surface area contributed by atoms with E-state index in [4.69, 9.17) is 16.3 Å². The van der Waals surface area contributed by atoms with Crippen LogP contribution in [-0.4, -0.2) is 23.9 Å². The van der Waals surface area contributed by atoms with Crippen molar-refractivity contribution in [2.75, 3.05) is 7.11 Å². The molecule has 1 heterocycles. The summed E-state index contributed by atoms with van der Waals surface area (Å²) in [6, 6.07) is 6.68. The molecule has 0 saturated carbocycles. The van der Waals surface area contributed by atoms with Crippen LogP contribution < -0.4 is 0 Å². The van der Waals surface area contributed by atoms with Crippen molar-refractivity contribution in [2.45, 2.75) is 13.8 Å². The lowest BCUT2D eigenvalue weighted by atomic mass is 10.2. The fraction of sp³-hybridized carbons (Fsp3) is 0.200. The van der Waals surface area contributed by atoms with E-state index in [0.29, 0.717) is 21.8 Å². The van der Waals surface area contributed by atoms with Gasteiger partial charge in [0.25, 0.3) is 0 Å². The van der Waals surface area contributed by atoms with Gasteiger partial charge >= 0.3 is 5.97 Å². The number of rotatable bonds is 3. The van der Waals surface area contributed by atoms with Crippen molar-refractivity contribution >= 4 is 23.9 Å². The first-order chi connectivity index (χ1) is 9.49. The summed E-state index contributed by atoms with van der Waals surface area (Å²) in [5, 5.41) is 0.497. The number of aromatic nitrogens is 1. The summed E-state index contributed by atoms with van der Waals surface area (Å²) < 4.78 is 6.55. The maximum atomic E-state index is 11.6. The highest BCUT2D eigenvalue weighted by atomic mass is 35.5. The average molecular weight is 292 g/mol. The lowest BCUT2D eigenvalue weighted by molar-refractivity contribution is 0.0600. The van der Waals surface area contributed by atoms with Crippen molar-refractivity contribution in [1.29, 1.82) is 0 Å². The Balaban J connectivity index is 2.66. The molecule has 104 valence electrons. The first kappa shape index (κ1) is 14.3. The molecule has 2 aromatic rings. The van der Waals surface area contributed by atoms with Crippen LogP contribution in [-0.2, 0) is 4.74 Å². The molecule has 1 aromatic heterocycles. The van der Waals surface area contributed by atoms with Crippen molar-refractivity contribution in [3.8, 4) is 5.69 Å². The van der Waals surface area contributed by atoms with E-state index in [-0.39, 0.29) is 0 Å². The molecule has 0 atom stereocenters. The van der Waals surface area contributed by atoms with Gasteiger partial charge in [0.15, 0.2) is 6.29 Å². The summed E-state index contributed by atoms with van der Waals surface area (Å²) in [4.78, 5) is 22.6. The number of aryl methyl sites for hydroxylation is 1. The van der Waals surface area contributed by atoms with Gasteiger partial charge in [-0.15, -0.1) is 0 Å². The predicted octanol–water partition coefficient (Wildman–Crippen LogP) is 3.35. The normalized spacial score (nSPS) is 10.4. The van der Waals surface area contributed by atoms with Gasteiger partial charge in [-0.25, -0.2) is 4.79 Å². The fourth-order valence-corrected chi connectivity index (χ4v) is 2.41. The zero-order valence-corrected chi connectivity index (χ0v) is 12.2. The molecular weight excluding hydrogens is 278 g/mol. The van der Waals surface area contributed by atoms with Crippen molar-refractivity contribution in [2.24, 2.45) is 0 Å². The zero-order valence-electron chi connectivity index (χ0n) is 11.4. The highest BCUT2D eigenvalue weighted by molar-refractivity contribution is 6.32. The summed E-state index contributed by atoms with van der Waals surface area (Å²) in [6.07, 6.45) is 0.802. The number of hydrogen-bond acceptors (Lipinski definition) is 3. The first-order valence-corrected chi connectivity index (χ1v) is 6.39. The Morgan fingerprint density at radius 3 is 2.55 bits per heavy atom. The van der Waals surface area contributed by atoms with Crippen molar-refractivity contribution in [3.05, 3.63) is 51.8 Å². The van der Waals surface area contributed by atoms with Crippen LogP contribution in [0.5, 0.6) is 0 Å². The SMILES string of the molecule is COC(=O)c1ccc(Cl)c(-n2c(C)cc(C=O)c2C)c1. The minimum atomic E-state index is -0.430. The summed E-state index contributed by atoms with van der Waals surface area (Å²) in [7, 11) is 1.33. The Bertz CT molecular complexity index is 689. The third kappa shape index (κ3) is 2.34. The number of halogens is 1. The topological polar surface area (TPSA) is 48.3 Å². The van der Waals surface area contributed by atoms with E-state index < -0.39 is 5.97 Å². The van der Waals surface area contributed by atoms with Gasteiger partial charge < -0.3 is 9.30 Å². The summed E-state index contributed by atoms with van der Waals surface area (Å²) in [5.41, 5.74) is 3.31. The van der Waals surface area contributed by atoms with E-state index >= 15 is 0 Å². The van der Waals surface area contributed by atoms with E-state index in [9.17, 15) is 9.59 Å². The largest absolute Gasteiger partial charge is 0.465 e. The molecule has 1 aromatic carbocycles. The molecule has 0 radical (unpaired) electrons. The smallest absolute Gasteiger partial charge is 0.337 e. The molecule has 0 N–H and O–H groups in total. The highest BCUT2D eigenvalue weighted by Crippen LogP contribution is 2.27. The van der Waals surface area contributed by atoms with Gasteiger partial charge in [-0.2, -0.15) is 0 Å². The van der Waals surface area contributed by atoms with E-state index in [2.05, 4.69) is 0 Å². The Morgan fingerprint density at radius 1 is 1.30 bits per heavy atom. The van der Waals surface area contributed by atoms with Crippen LogP contribution in [0.1, 0.15) is 32.1 Å². The van der Waals surface area contributed by atoms with Crippen LogP contribution in [0.25, 0.3) is 5.69 Å². The molecule has 0 bridgehead atoms. The molecule has 0 aliphatic carbocycles. The number of carbonyl (C=O) groups excluding carboxylic acids is 2. The number of methoxy groups -OCH3 is 1. The van der Waals surface area contributed by atoms with Gasteiger partial charge in [-0.05, 0) is 38.1 Å². The number of carbonyl (C=O) groups is 2. The van der Waals surface area contributed by atoms with Crippen molar-refractivity contribution in [1.82, 2.24) is 4.57 Å². The minimum Gasteiger partial charge on any atom is -0.465 e. The number of esters is 1. The first-order valence-electron chi connectivity index (χ1n) is 6.02. The van der Waals surface area contributed by atoms with Crippen LogP contribution in [0.4, 0.5) is 0 Å². The Morgan fingerprint density at radius 2 is 2.00 bits per heavy atom. The lowest BCUT2D eigenvalue weighted by Crippen LogP contribution is -2.05. The highest BCUT2D eigenvalue weighted by Gasteiger charge is 2.15. The third-order valence-electron chi connectivity index (χ3n) is 3.21. The Hall–Kier alpha value is -2.07. The Labute approximate surface area is 121 Å². The molecule has 0 aliphatic rings. The molecule has 0 amide bonds. The molecule has 0 saturated heterocycles. The number of aldehydes is 1. The second-order valence-electron chi connectivity index (χ2n) is 4.44. The number of benzene rings is 1. The van der Waals surface area contributed by atoms with Crippen molar-refractivity contribution in [3.63, 3.8) is 0 Å². The van der Waals surface area contributed by atoms with Crippen LogP contribution >= 0.6 is 11.6 Å². The molecular formula is C15H14ClNO3. The second-order valence-corrected chi connectivity index (χ2v) is 4.84. The molecule has 0 fully saturated rings. The van der Waals surface area contributed by atoms with Crippen LogP contribution in [0.2, 0.25) is 5.02 Å². The van der Waals surface area contributed by atoms with Gasteiger partial charge in [0.2, 0.25) is 0 Å². The third-order valence-corrected chi connectivity index (χ3v) is 3.52. The molecule has 0 aliphatic heterocycles. The van der Waals surface area contributed by atoms with Gasteiger partial charge in [0.05, 0.1) is 23.4 Å². The van der Waals surface area contributed by atoms with Crippen molar-refractivity contribution < 1.29 is 14.3 Å². The van der Waals surface area contributed by atoms with E-state index in [0.717, 1.165) is 17.7 Å². The fourth-order valence-electron chi connectivity index (χ4n) is 2.21. The average Bonchev–Trinajstić information content (AvgIpc) is 2.73. The summed E-state index contributed by atoms with van der Waals surface area (Å²) in [6.45, 7) is 3.71. The summed E-state index contributed by atoms with van der Waals surface area (Å²) in [5.74, 6) is -0.430. The molecule has 0 spiro atoms. The molecule has 4 nitrogen and oxygen atoms in total. The standard InChI is InChI=1S/C15H14ClNO3/c1-9-6-12(8-18)10(2)17(9)14-7-11(15(19)20-3)4-5-13(14)16/h4-8H,1-3H3. The predicted molar refractivity (Wildman–Crippen MR) is 77.0 cm³/mol. The van der Waals surface area contributed by atoms with Gasteiger partial charge in [-0.3, -0.25) is 4.79 Å². The summed E-state index contributed by atoms with van der Waals surface area (Å²) >= 11 is 6.21. The lowest BCUT2D eigenvalue weighted by Gasteiger charge is -2.12. The quantitative estimate of drug-likeness (QED) is 0.643. The number of hydrogen-bond donors (Lipinski definition) is 0. The van der Waals surface area contributed by atoms with Gasteiger partial charge in [0.1, 0.15) is 0 Å². The minimum absolute atomic E-state index is 0.409. The van der Waals surface area contributed by atoms with Gasteiger partial charge in [-0.1, -0.05) is 11.6 Å². The van der Waals surface area contributed by atoms with Crippen LogP contribution in [0.15, 0.2) is 24.3 Å². The Kier molecular flexibility index (Phi) is 3.95. The van der Waals surface area contributed by atoms with E-state index in [1.54, 1.807) is 24.3 Å². The monoisotopic (exact) mass is 291 g/mol. The van der Waals surface area contributed by atoms with Crippen LogP contribution in [0, 0.1) is 13.8 Å². The number of nitrogens with zero attached hydrogens (tertiary/aromatic N) is 1. The molecule has 20 heavy (non-hydrogen) atoms. The second kappa shape index (κ2) is 5.51. The van der Waals surface area contributed by atoms with E-state index in [1.807, 2.05) is 18.4 Å². The van der Waals surface area contributed by atoms with E-state index in [1.165, 1.54) is 7.11 Å². The van der Waals surface area contributed by atoms with Crippen LogP contribution in [0.3, 0.4) is 0 Å². The maximum absolute atomic E-state index is 11.6. The molecule has 0 unspecified atom stereocenters. The molecule has 5 heteroatoms. The maximum Gasteiger partial charge on any atom is 0.337 e. The number of ether oxygens (including phenoxy) is 1. The van der Waals surface area contributed by atoms with Gasteiger partial charge in [0, 0.05) is 17.0 Å².